The molecule has 1 atom stereocenters. The first-order chi connectivity index (χ1) is 11.9. The van der Waals surface area contributed by atoms with Crippen molar-refractivity contribution in [3.05, 3.63) is 59.4 Å². The van der Waals surface area contributed by atoms with E-state index in [9.17, 15) is 23.2 Å². The highest BCUT2D eigenvalue weighted by atomic mass is 19.4. The zero-order valence-corrected chi connectivity index (χ0v) is 13.4. The molecule has 0 aliphatic heterocycles. The molecule has 0 radical (unpaired) electrons. The number of benzene rings is 1. The number of carbonyl (C=O) groups excluding carboxylic acids is 1. The lowest BCUT2D eigenvalue weighted by atomic mass is 10.0. The number of aromatic nitrogens is 1. The van der Waals surface area contributed by atoms with E-state index in [4.69, 9.17) is 4.74 Å². The number of halogens is 3. The van der Waals surface area contributed by atoms with Crippen LogP contribution in [0.3, 0.4) is 0 Å². The van der Waals surface area contributed by atoms with Crippen molar-refractivity contribution >= 4 is 5.78 Å². The largest absolute Gasteiger partial charge is 0.485 e. The van der Waals surface area contributed by atoms with Crippen LogP contribution in [0.4, 0.5) is 13.2 Å². The third kappa shape index (κ3) is 4.57. The number of carbonyl (C=O) groups is 1. The molecule has 0 saturated heterocycles. The molecule has 0 N–H and O–H groups in total. The number of ether oxygens (including phenoxy) is 1. The van der Waals surface area contributed by atoms with Crippen LogP contribution in [0.15, 0.2) is 42.6 Å². The molecule has 1 heterocycles. The van der Waals surface area contributed by atoms with E-state index >= 15 is 0 Å². The van der Waals surface area contributed by atoms with Crippen molar-refractivity contribution in [2.45, 2.75) is 25.4 Å². The lowest BCUT2D eigenvalue weighted by Gasteiger charge is -2.12. The van der Waals surface area contributed by atoms with Gasteiger partial charge < -0.3 is 4.74 Å². The van der Waals surface area contributed by atoms with Crippen LogP contribution in [0.25, 0.3) is 0 Å². The number of para-hydroxylation sites is 1. The summed E-state index contributed by atoms with van der Waals surface area (Å²) in [5.74, 6) is -1.31. The second-order valence-corrected chi connectivity index (χ2v) is 5.25. The monoisotopic (exact) mass is 348 g/mol. The second kappa shape index (κ2) is 7.79. The summed E-state index contributed by atoms with van der Waals surface area (Å²) in [6.45, 7) is 1.58. The lowest BCUT2D eigenvalue weighted by Crippen LogP contribution is -2.20. The van der Waals surface area contributed by atoms with Crippen molar-refractivity contribution in [1.82, 2.24) is 4.98 Å². The van der Waals surface area contributed by atoms with Crippen molar-refractivity contribution < 1.29 is 22.7 Å². The van der Waals surface area contributed by atoms with Gasteiger partial charge in [0.05, 0.1) is 17.3 Å². The van der Waals surface area contributed by atoms with E-state index in [2.05, 4.69) is 4.98 Å². The Morgan fingerprint density at radius 1 is 1.28 bits per heavy atom. The molecule has 0 aliphatic carbocycles. The Morgan fingerprint density at radius 3 is 2.56 bits per heavy atom. The van der Waals surface area contributed by atoms with Gasteiger partial charge in [0.15, 0.2) is 11.7 Å². The molecule has 2 aromatic rings. The van der Waals surface area contributed by atoms with Gasteiger partial charge >= 0.3 is 6.18 Å². The van der Waals surface area contributed by atoms with E-state index in [1.165, 1.54) is 0 Å². The smallest absolute Gasteiger partial charge is 0.417 e. The average Bonchev–Trinajstić information content (AvgIpc) is 2.60. The predicted octanol–water partition coefficient (Wildman–Crippen LogP) is 3.92. The van der Waals surface area contributed by atoms with E-state index in [-0.39, 0.29) is 12.3 Å². The topological polar surface area (TPSA) is 63.0 Å². The maximum absolute atomic E-state index is 12.5. The first kappa shape index (κ1) is 18.5. The van der Waals surface area contributed by atoms with E-state index in [1.54, 1.807) is 18.2 Å². The third-order valence-electron chi connectivity index (χ3n) is 3.58. The molecular weight excluding hydrogens is 333 g/mol. The SMILES string of the molecule is CCc1ccccc1OCC(=O)C(C#N)c1ccc(C(F)(F)F)cn1. The predicted molar refractivity (Wildman–Crippen MR) is 83.9 cm³/mol. The summed E-state index contributed by atoms with van der Waals surface area (Å²) in [4.78, 5) is 15.8. The van der Waals surface area contributed by atoms with Crippen LogP contribution in [-0.2, 0) is 17.4 Å². The highest BCUT2D eigenvalue weighted by molar-refractivity contribution is 5.89. The molecule has 0 bridgehead atoms. The molecule has 0 amide bonds. The van der Waals surface area contributed by atoms with Gasteiger partial charge in [-0.2, -0.15) is 18.4 Å². The Bertz CT molecular complexity index is 780. The number of pyridine rings is 1. The van der Waals surface area contributed by atoms with Gasteiger partial charge in [0.2, 0.25) is 0 Å². The van der Waals surface area contributed by atoms with E-state index in [0.717, 1.165) is 17.7 Å². The lowest BCUT2D eigenvalue weighted by molar-refractivity contribution is -0.137. The molecular formula is C18H15F3N2O2. The van der Waals surface area contributed by atoms with E-state index < -0.39 is 23.4 Å². The number of ketones is 1. The van der Waals surface area contributed by atoms with Crippen molar-refractivity contribution in [3.63, 3.8) is 0 Å². The van der Waals surface area contributed by atoms with Crippen LogP contribution in [0.5, 0.6) is 5.75 Å². The molecule has 2 rings (SSSR count). The molecule has 130 valence electrons. The molecule has 25 heavy (non-hydrogen) atoms. The van der Waals surface area contributed by atoms with Crippen LogP contribution in [0.2, 0.25) is 0 Å². The number of rotatable bonds is 6. The molecule has 1 aromatic carbocycles. The molecule has 0 saturated carbocycles. The van der Waals surface area contributed by atoms with Crippen LogP contribution < -0.4 is 4.74 Å². The van der Waals surface area contributed by atoms with Gasteiger partial charge in [-0.15, -0.1) is 0 Å². The maximum Gasteiger partial charge on any atom is 0.417 e. The number of hydrogen-bond donors (Lipinski definition) is 0. The van der Waals surface area contributed by atoms with Crippen molar-refractivity contribution in [2.75, 3.05) is 6.61 Å². The standard InChI is InChI=1S/C18H15F3N2O2/c1-2-12-5-3-4-6-17(12)25-11-16(24)14(9-22)15-8-7-13(10-23-15)18(19,20)21/h3-8,10,14H,2,11H2,1H3. The summed E-state index contributed by atoms with van der Waals surface area (Å²) in [5.41, 5.74) is -0.0575. The van der Waals surface area contributed by atoms with Gasteiger partial charge in [-0.3, -0.25) is 9.78 Å². The summed E-state index contributed by atoms with van der Waals surface area (Å²) < 4.78 is 43.1. The molecule has 0 spiro atoms. The summed E-state index contributed by atoms with van der Waals surface area (Å²) >= 11 is 0. The second-order valence-electron chi connectivity index (χ2n) is 5.25. The minimum absolute atomic E-state index is 0.0344. The first-order valence-electron chi connectivity index (χ1n) is 7.53. The Morgan fingerprint density at radius 2 is 2.00 bits per heavy atom. The third-order valence-corrected chi connectivity index (χ3v) is 3.58. The number of aryl methyl sites for hydroxylation is 1. The number of nitriles is 1. The first-order valence-corrected chi connectivity index (χ1v) is 7.53. The summed E-state index contributed by atoms with van der Waals surface area (Å²) in [7, 11) is 0. The zero-order chi connectivity index (χ0) is 18.4. The fraction of sp³-hybridized carbons (Fsp3) is 0.278. The van der Waals surface area contributed by atoms with Gasteiger partial charge in [-0.25, -0.2) is 0 Å². The number of alkyl halides is 3. The normalized spacial score (nSPS) is 12.3. The maximum atomic E-state index is 12.5. The molecule has 1 aromatic heterocycles. The number of Topliss-reactive ketones (excluding diaryl/α,β-unsaturated/α-hetero) is 1. The quantitative estimate of drug-likeness (QED) is 0.794. The van der Waals surface area contributed by atoms with Crippen molar-refractivity contribution in [2.24, 2.45) is 0 Å². The molecule has 0 fully saturated rings. The van der Waals surface area contributed by atoms with Gasteiger partial charge in [0.1, 0.15) is 12.4 Å². The Balaban J connectivity index is 2.10. The van der Waals surface area contributed by atoms with Gasteiger partial charge in [0.25, 0.3) is 0 Å². The van der Waals surface area contributed by atoms with Crippen molar-refractivity contribution in [3.8, 4) is 11.8 Å². The van der Waals surface area contributed by atoms with Crippen LogP contribution in [0, 0.1) is 11.3 Å². The van der Waals surface area contributed by atoms with Crippen molar-refractivity contribution in [1.29, 1.82) is 5.26 Å². The average molecular weight is 348 g/mol. The number of hydrogen-bond acceptors (Lipinski definition) is 4. The molecule has 1 unspecified atom stereocenters. The van der Waals surface area contributed by atoms with E-state index in [0.29, 0.717) is 18.4 Å². The molecule has 7 heteroatoms. The van der Waals surface area contributed by atoms with Gasteiger partial charge in [-0.1, -0.05) is 25.1 Å². The minimum atomic E-state index is -4.52. The molecule has 0 aliphatic rings. The van der Waals surface area contributed by atoms with Crippen LogP contribution >= 0.6 is 0 Å². The molecule has 4 nitrogen and oxygen atoms in total. The Kier molecular flexibility index (Phi) is 5.75. The van der Waals surface area contributed by atoms with Crippen LogP contribution in [0.1, 0.15) is 29.7 Å². The summed E-state index contributed by atoms with van der Waals surface area (Å²) in [5, 5.41) is 9.19. The highest BCUT2D eigenvalue weighted by Crippen LogP contribution is 2.29. The highest BCUT2D eigenvalue weighted by Gasteiger charge is 2.31. The fourth-order valence-electron chi connectivity index (χ4n) is 2.22. The summed E-state index contributed by atoms with van der Waals surface area (Å²) in [6.07, 6.45) is -3.20. The van der Waals surface area contributed by atoms with Gasteiger partial charge in [0, 0.05) is 6.20 Å². The Labute approximate surface area is 142 Å². The van der Waals surface area contributed by atoms with E-state index in [1.807, 2.05) is 19.1 Å². The zero-order valence-electron chi connectivity index (χ0n) is 13.4. The summed E-state index contributed by atoms with van der Waals surface area (Å²) in [6, 6.07) is 10.8. The Hall–Kier alpha value is -2.88. The number of nitrogens with zero attached hydrogens (tertiary/aromatic N) is 2. The minimum Gasteiger partial charge on any atom is -0.485 e. The van der Waals surface area contributed by atoms with Crippen LogP contribution in [-0.4, -0.2) is 17.4 Å². The fourth-order valence-corrected chi connectivity index (χ4v) is 2.22. The van der Waals surface area contributed by atoms with Gasteiger partial charge in [-0.05, 0) is 30.2 Å².